The Labute approximate surface area is 175 Å². The van der Waals surface area contributed by atoms with Gasteiger partial charge in [-0.3, -0.25) is 0 Å². The van der Waals surface area contributed by atoms with E-state index in [0.717, 1.165) is 4.90 Å². The summed E-state index contributed by atoms with van der Waals surface area (Å²) in [7, 11) is 1.59. The number of ether oxygens (including phenoxy) is 1. The highest BCUT2D eigenvalue weighted by atomic mass is 35.5. The Morgan fingerprint density at radius 2 is 1.96 bits per heavy atom. The number of anilines is 2. The molecule has 0 radical (unpaired) electrons. The highest BCUT2D eigenvalue weighted by Gasteiger charge is 2.15. The molecular formula is C18H14Cl2N6OS. The molecular weight excluding hydrogens is 419 g/mol. The molecule has 0 bridgehead atoms. The number of aromatic nitrogens is 3. The molecule has 0 aliphatic heterocycles. The van der Waals surface area contributed by atoms with E-state index in [1.165, 1.54) is 11.8 Å². The monoisotopic (exact) mass is 432 g/mol. The van der Waals surface area contributed by atoms with Crippen LogP contribution in [0.25, 0.3) is 11.4 Å². The second kappa shape index (κ2) is 8.97. The molecule has 3 rings (SSSR count). The van der Waals surface area contributed by atoms with E-state index < -0.39 is 0 Å². The Morgan fingerprint density at radius 1 is 1.18 bits per heavy atom. The van der Waals surface area contributed by atoms with Crippen LogP contribution in [0.1, 0.15) is 0 Å². The fourth-order valence-electron chi connectivity index (χ4n) is 2.33. The van der Waals surface area contributed by atoms with Gasteiger partial charge < -0.3 is 15.8 Å². The maximum absolute atomic E-state index is 8.77. The molecule has 0 aliphatic rings. The summed E-state index contributed by atoms with van der Waals surface area (Å²) < 4.78 is 5.35. The topological polar surface area (TPSA) is 110 Å². The summed E-state index contributed by atoms with van der Waals surface area (Å²) in [4.78, 5) is 13.7. The molecule has 0 amide bonds. The number of rotatable bonds is 6. The van der Waals surface area contributed by atoms with Crippen molar-refractivity contribution < 1.29 is 4.74 Å². The summed E-state index contributed by atoms with van der Waals surface area (Å²) in [6.45, 7) is 0.0923. The van der Waals surface area contributed by atoms with E-state index in [-0.39, 0.29) is 12.5 Å². The zero-order valence-electron chi connectivity index (χ0n) is 14.6. The van der Waals surface area contributed by atoms with Crippen molar-refractivity contribution in [3.05, 3.63) is 46.4 Å². The summed E-state index contributed by atoms with van der Waals surface area (Å²) in [6.07, 6.45) is 0. The van der Waals surface area contributed by atoms with Gasteiger partial charge in [-0.05, 0) is 36.0 Å². The fraction of sp³-hybridized carbons (Fsp3) is 0.111. The lowest BCUT2D eigenvalue weighted by molar-refractivity contribution is 0.405. The first-order valence-corrected chi connectivity index (χ1v) is 9.51. The number of hydrogen-bond acceptors (Lipinski definition) is 8. The van der Waals surface area contributed by atoms with Gasteiger partial charge in [-0.25, -0.2) is 4.98 Å². The minimum Gasteiger partial charge on any atom is -0.496 e. The Kier molecular flexibility index (Phi) is 6.41. The van der Waals surface area contributed by atoms with Crippen molar-refractivity contribution in [1.29, 1.82) is 5.26 Å². The summed E-state index contributed by atoms with van der Waals surface area (Å²) in [6, 6.07) is 12.7. The van der Waals surface area contributed by atoms with E-state index in [0.29, 0.717) is 38.0 Å². The van der Waals surface area contributed by atoms with E-state index in [2.05, 4.69) is 20.3 Å². The number of methoxy groups -OCH3 is 1. The summed E-state index contributed by atoms with van der Waals surface area (Å²) in [5, 5.41) is 12.8. The van der Waals surface area contributed by atoms with Crippen LogP contribution in [0.2, 0.25) is 10.0 Å². The largest absolute Gasteiger partial charge is 0.496 e. The lowest BCUT2D eigenvalue weighted by Crippen LogP contribution is -2.03. The molecule has 1 aromatic heterocycles. The molecule has 0 atom stereocenters. The fourth-order valence-corrected chi connectivity index (χ4v) is 3.73. The number of hydrogen-bond donors (Lipinski definition) is 2. The van der Waals surface area contributed by atoms with Gasteiger partial charge >= 0.3 is 0 Å². The maximum Gasteiger partial charge on any atom is 0.224 e. The van der Waals surface area contributed by atoms with Gasteiger partial charge in [-0.15, -0.1) is 0 Å². The van der Waals surface area contributed by atoms with E-state index in [1.54, 1.807) is 19.2 Å². The first-order chi connectivity index (χ1) is 13.5. The lowest BCUT2D eigenvalue weighted by atomic mass is 10.2. The van der Waals surface area contributed by atoms with Gasteiger partial charge in [0.1, 0.15) is 12.3 Å². The van der Waals surface area contributed by atoms with Gasteiger partial charge in [-0.2, -0.15) is 15.2 Å². The Balaban J connectivity index is 2.01. The molecule has 0 saturated carbocycles. The van der Waals surface area contributed by atoms with Crippen molar-refractivity contribution in [2.24, 2.45) is 0 Å². The van der Waals surface area contributed by atoms with Crippen LogP contribution in [0, 0.1) is 11.3 Å². The molecule has 3 aromatic rings. The maximum atomic E-state index is 8.77. The first-order valence-electron chi connectivity index (χ1n) is 7.94. The molecule has 1 heterocycles. The molecule has 0 fully saturated rings. The number of halogens is 2. The average molecular weight is 433 g/mol. The van der Waals surface area contributed by atoms with Gasteiger partial charge in [0.25, 0.3) is 0 Å². The van der Waals surface area contributed by atoms with Crippen LogP contribution in [0.4, 0.5) is 11.6 Å². The van der Waals surface area contributed by atoms with Crippen molar-refractivity contribution in [2.75, 3.05) is 24.7 Å². The normalized spacial score (nSPS) is 10.4. The summed E-state index contributed by atoms with van der Waals surface area (Å²) >= 11 is 13.8. The molecule has 7 nitrogen and oxygen atoms in total. The highest BCUT2D eigenvalue weighted by Crippen LogP contribution is 2.37. The van der Waals surface area contributed by atoms with Gasteiger partial charge in [0.05, 0.1) is 33.8 Å². The standard InChI is InChI=1S/C18H14Cl2N6OS/c1-27-14-4-2-3-5-15(14)28-18-25-16(24-17(22)26-18)10-8-13(23-7-6-21)12(20)9-11(10)19/h2-5,8-9,23H,7H2,1H3,(H2,22,24,25,26). The Morgan fingerprint density at radius 3 is 2.71 bits per heavy atom. The van der Waals surface area contributed by atoms with Gasteiger partial charge in [0, 0.05) is 5.56 Å². The first kappa shape index (κ1) is 20.0. The molecule has 28 heavy (non-hydrogen) atoms. The molecule has 142 valence electrons. The molecule has 0 unspecified atom stereocenters. The molecule has 0 saturated heterocycles. The van der Waals surface area contributed by atoms with Crippen molar-refractivity contribution in [2.45, 2.75) is 10.1 Å². The summed E-state index contributed by atoms with van der Waals surface area (Å²) in [5.41, 5.74) is 6.94. The smallest absolute Gasteiger partial charge is 0.224 e. The number of nitrogens with two attached hydrogens (primary N) is 1. The average Bonchev–Trinajstić information content (AvgIpc) is 2.67. The molecule has 3 N–H and O–H groups in total. The van der Waals surface area contributed by atoms with Crippen molar-refractivity contribution in [1.82, 2.24) is 15.0 Å². The number of nitriles is 1. The molecule has 10 heteroatoms. The molecule has 0 aliphatic carbocycles. The quantitative estimate of drug-likeness (QED) is 0.546. The van der Waals surface area contributed by atoms with Crippen LogP contribution in [-0.2, 0) is 0 Å². The van der Waals surface area contributed by atoms with Gasteiger partial charge in [-0.1, -0.05) is 35.3 Å². The van der Waals surface area contributed by atoms with Crippen molar-refractivity contribution >= 4 is 46.6 Å². The third-order valence-electron chi connectivity index (χ3n) is 3.56. The second-order valence-electron chi connectivity index (χ2n) is 5.38. The van der Waals surface area contributed by atoms with Crippen LogP contribution < -0.4 is 15.8 Å². The number of benzene rings is 2. The van der Waals surface area contributed by atoms with Gasteiger partial charge in [0.15, 0.2) is 11.0 Å². The number of nitrogen functional groups attached to an aromatic ring is 1. The minimum atomic E-state index is 0.0555. The highest BCUT2D eigenvalue weighted by molar-refractivity contribution is 7.99. The van der Waals surface area contributed by atoms with Crippen LogP contribution in [0.15, 0.2) is 46.5 Å². The van der Waals surface area contributed by atoms with Crippen LogP contribution in [-0.4, -0.2) is 28.6 Å². The van der Waals surface area contributed by atoms with E-state index >= 15 is 0 Å². The number of nitrogens with one attached hydrogen (secondary N) is 1. The van der Waals surface area contributed by atoms with Crippen LogP contribution >= 0.6 is 35.0 Å². The van der Waals surface area contributed by atoms with Crippen molar-refractivity contribution in [3.8, 4) is 23.2 Å². The third kappa shape index (κ3) is 4.57. The zero-order valence-corrected chi connectivity index (χ0v) is 16.9. The predicted molar refractivity (Wildman–Crippen MR) is 111 cm³/mol. The van der Waals surface area contributed by atoms with Gasteiger partial charge in [0.2, 0.25) is 5.95 Å². The minimum absolute atomic E-state index is 0.0555. The van der Waals surface area contributed by atoms with Crippen LogP contribution in [0.3, 0.4) is 0 Å². The SMILES string of the molecule is COc1ccccc1Sc1nc(N)nc(-c2cc(NCC#N)c(Cl)cc2Cl)n1. The van der Waals surface area contributed by atoms with E-state index in [9.17, 15) is 0 Å². The van der Waals surface area contributed by atoms with E-state index in [4.69, 9.17) is 38.9 Å². The summed E-state index contributed by atoms with van der Waals surface area (Å²) in [5.74, 6) is 1.05. The number of nitrogens with zero attached hydrogens (tertiary/aromatic N) is 4. The van der Waals surface area contributed by atoms with E-state index in [1.807, 2.05) is 30.3 Å². The zero-order chi connectivity index (χ0) is 20.1. The van der Waals surface area contributed by atoms with Crippen molar-refractivity contribution in [3.63, 3.8) is 0 Å². The third-order valence-corrected chi connectivity index (χ3v) is 5.11. The Bertz CT molecular complexity index is 1060. The molecule has 2 aromatic carbocycles. The lowest BCUT2D eigenvalue weighted by Gasteiger charge is -2.11. The second-order valence-corrected chi connectivity index (χ2v) is 7.20. The van der Waals surface area contributed by atoms with Crippen LogP contribution in [0.5, 0.6) is 5.75 Å². The number of para-hydroxylation sites is 1. The Hall–Kier alpha value is -2.73. The molecule has 0 spiro atoms. The predicted octanol–water partition coefficient (Wildman–Crippen LogP) is 4.52.